The van der Waals surface area contributed by atoms with Gasteiger partial charge in [0.1, 0.15) is 5.75 Å². The summed E-state index contributed by atoms with van der Waals surface area (Å²) in [6, 6.07) is 9.17. The summed E-state index contributed by atoms with van der Waals surface area (Å²) >= 11 is 0. The van der Waals surface area contributed by atoms with E-state index in [-0.39, 0.29) is 30.8 Å². The molecule has 1 amide bonds. The number of aryl methyl sites for hydroxylation is 1. The van der Waals surface area contributed by atoms with Crippen molar-refractivity contribution in [3.63, 3.8) is 0 Å². The molecule has 0 saturated heterocycles. The fraction of sp³-hybridized carbons (Fsp3) is 0.455. The van der Waals surface area contributed by atoms with Crippen LogP contribution in [0.1, 0.15) is 34.7 Å². The van der Waals surface area contributed by atoms with E-state index < -0.39 is 0 Å². The number of nitrogens with one attached hydrogen (secondary N) is 1. The van der Waals surface area contributed by atoms with Crippen LogP contribution in [0.15, 0.2) is 30.3 Å². The number of benzene rings is 1. The highest BCUT2D eigenvalue weighted by Gasteiger charge is 2.20. The number of hydrogen-bond acceptors (Lipinski definition) is 5. The Morgan fingerprint density at radius 3 is 2.38 bits per heavy atom. The second-order valence-corrected chi connectivity index (χ2v) is 7.33. The average molecular weight is 402 g/mol. The first-order valence-corrected chi connectivity index (χ1v) is 9.59. The number of ether oxygens (including phenoxy) is 2. The van der Waals surface area contributed by atoms with Crippen molar-refractivity contribution in [2.75, 3.05) is 46.3 Å². The monoisotopic (exact) mass is 401 g/mol. The Balaban J connectivity index is 1.96. The van der Waals surface area contributed by atoms with E-state index in [2.05, 4.69) is 16.8 Å². The largest absolute Gasteiger partial charge is 0.497 e. The standard InChI is InChI=1S/C22H31N3O4/c1-15-11-20(17(3)25(15)16(2)14-28-5)21(26)12-24(4)13-22(27)23-18-7-9-19(29-6)10-8-18/h7-11,16H,12-14H2,1-6H3,(H,23,27)/t16-/m0/s1. The number of anilines is 1. The maximum Gasteiger partial charge on any atom is 0.238 e. The van der Waals surface area contributed by atoms with Gasteiger partial charge in [0.05, 0.1) is 32.8 Å². The number of rotatable bonds is 10. The molecule has 1 heterocycles. The molecule has 2 rings (SSSR count). The van der Waals surface area contributed by atoms with Gasteiger partial charge >= 0.3 is 0 Å². The average Bonchev–Trinajstić information content (AvgIpc) is 2.96. The maximum atomic E-state index is 12.8. The Hall–Kier alpha value is -2.64. The Labute approximate surface area is 172 Å². The zero-order valence-electron chi connectivity index (χ0n) is 18.1. The molecule has 1 atom stereocenters. The number of Topliss-reactive ketones (excluding diaryl/α,β-unsaturated/α-hetero) is 1. The third-order valence-corrected chi connectivity index (χ3v) is 4.83. The lowest BCUT2D eigenvalue weighted by atomic mass is 10.1. The minimum Gasteiger partial charge on any atom is -0.497 e. The van der Waals surface area contributed by atoms with Crippen LogP contribution >= 0.6 is 0 Å². The number of nitrogens with zero attached hydrogens (tertiary/aromatic N) is 2. The van der Waals surface area contributed by atoms with E-state index >= 15 is 0 Å². The summed E-state index contributed by atoms with van der Waals surface area (Å²) < 4.78 is 12.5. The maximum absolute atomic E-state index is 12.8. The Bertz CT molecular complexity index is 842. The molecular weight excluding hydrogens is 370 g/mol. The Morgan fingerprint density at radius 2 is 1.79 bits per heavy atom. The van der Waals surface area contributed by atoms with Gasteiger partial charge in [-0.25, -0.2) is 0 Å². The van der Waals surface area contributed by atoms with E-state index in [0.717, 1.165) is 17.1 Å². The van der Waals surface area contributed by atoms with Crippen LogP contribution in [0.4, 0.5) is 5.69 Å². The number of carbonyl (C=O) groups excluding carboxylic acids is 2. The lowest BCUT2D eigenvalue weighted by Gasteiger charge is -2.18. The molecule has 1 aromatic heterocycles. The van der Waals surface area contributed by atoms with Crippen molar-refractivity contribution in [2.45, 2.75) is 26.8 Å². The molecule has 0 spiro atoms. The van der Waals surface area contributed by atoms with Gasteiger partial charge in [-0.05, 0) is 58.2 Å². The summed E-state index contributed by atoms with van der Waals surface area (Å²) in [7, 11) is 5.02. The van der Waals surface area contributed by atoms with Crippen LogP contribution in [0.5, 0.6) is 5.75 Å². The molecule has 29 heavy (non-hydrogen) atoms. The molecule has 0 unspecified atom stereocenters. The lowest BCUT2D eigenvalue weighted by Crippen LogP contribution is -2.34. The summed E-state index contributed by atoms with van der Waals surface area (Å²) in [6.07, 6.45) is 0. The highest BCUT2D eigenvalue weighted by molar-refractivity contribution is 5.99. The van der Waals surface area contributed by atoms with Crippen LogP contribution in [-0.4, -0.2) is 62.1 Å². The summed E-state index contributed by atoms with van der Waals surface area (Å²) in [4.78, 5) is 26.8. The minimum absolute atomic E-state index is 0.00582. The van der Waals surface area contributed by atoms with E-state index in [1.54, 1.807) is 50.4 Å². The van der Waals surface area contributed by atoms with Gasteiger partial charge in [0.2, 0.25) is 5.91 Å². The number of amides is 1. The van der Waals surface area contributed by atoms with E-state index in [1.165, 1.54) is 0 Å². The van der Waals surface area contributed by atoms with Crippen LogP contribution in [0, 0.1) is 13.8 Å². The molecule has 1 N–H and O–H groups in total. The first-order valence-electron chi connectivity index (χ1n) is 9.59. The van der Waals surface area contributed by atoms with Gasteiger partial charge in [-0.1, -0.05) is 0 Å². The smallest absolute Gasteiger partial charge is 0.238 e. The van der Waals surface area contributed by atoms with Crippen molar-refractivity contribution >= 4 is 17.4 Å². The first kappa shape index (κ1) is 22.6. The SMILES string of the molecule is COC[C@H](C)n1c(C)cc(C(=O)CN(C)CC(=O)Nc2ccc(OC)cc2)c1C. The van der Waals surface area contributed by atoms with Gasteiger partial charge in [0.15, 0.2) is 5.78 Å². The molecule has 0 aliphatic carbocycles. The lowest BCUT2D eigenvalue weighted by molar-refractivity contribution is -0.116. The molecule has 0 bridgehead atoms. The van der Waals surface area contributed by atoms with Crippen LogP contribution in [0.3, 0.4) is 0 Å². The Kier molecular flexibility index (Phi) is 7.99. The van der Waals surface area contributed by atoms with Gasteiger partial charge < -0.3 is 19.4 Å². The highest BCUT2D eigenvalue weighted by Crippen LogP contribution is 2.21. The summed E-state index contributed by atoms with van der Waals surface area (Å²) in [6.45, 7) is 6.86. The van der Waals surface area contributed by atoms with Gasteiger partial charge in [-0.2, -0.15) is 0 Å². The number of aromatic nitrogens is 1. The molecule has 2 aromatic rings. The predicted molar refractivity (Wildman–Crippen MR) is 114 cm³/mol. The quantitative estimate of drug-likeness (QED) is 0.620. The van der Waals surface area contributed by atoms with Crippen molar-refractivity contribution in [3.8, 4) is 5.75 Å². The molecule has 7 nitrogen and oxygen atoms in total. The topological polar surface area (TPSA) is 72.8 Å². The van der Waals surface area contributed by atoms with E-state index in [4.69, 9.17) is 9.47 Å². The summed E-state index contributed by atoms with van der Waals surface area (Å²) in [5.41, 5.74) is 3.32. The van der Waals surface area contributed by atoms with Gasteiger partial charge in [-0.15, -0.1) is 0 Å². The zero-order valence-corrected chi connectivity index (χ0v) is 18.1. The normalized spacial score (nSPS) is 12.1. The molecule has 0 saturated carbocycles. The van der Waals surface area contributed by atoms with Crippen LogP contribution in [0.25, 0.3) is 0 Å². The Morgan fingerprint density at radius 1 is 1.14 bits per heavy atom. The molecule has 0 fully saturated rings. The number of likely N-dealkylation sites (N-methyl/N-ethyl adjacent to an activating group) is 1. The number of hydrogen-bond donors (Lipinski definition) is 1. The molecule has 7 heteroatoms. The van der Waals surface area contributed by atoms with E-state index in [0.29, 0.717) is 17.9 Å². The summed E-state index contributed by atoms with van der Waals surface area (Å²) in [5.74, 6) is 0.543. The second-order valence-electron chi connectivity index (χ2n) is 7.33. The third kappa shape index (κ3) is 5.92. The molecule has 1 aromatic carbocycles. The van der Waals surface area contributed by atoms with Crippen LogP contribution in [0.2, 0.25) is 0 Å². The zero-order chi connectivity index (χ0) is 21.6. The molecule has 158 valence electrons. The van der Waals surface area contributed by atoms with Crippen molar-refractivity contribution in [2.24, 2.45) is 0 Å². The molecule has 0 aliphatic rings. The number of methoxy groups -OCH3 is 2. The highest BCUT2D eigenvalue weighted by atomic mass is 16.5. The van der Waals surface area contributed by atoms with Crippen molar-refractivity contribution in [1.29, 1.82) is 0 Å². The summed E-state index contributed by atoms with van der Waals surface area (Å²) in [5, 5.41) is 2.83. The number of carbonyl (C=O) groups is 2. The van der Waals surface area contributed by atoms with Crippen molar-refractivity contribution in [3.05, 3.63) is 47.3 Å². The second kappa shape index (κ2) is 10.2. The van der Waals surface area contributed by atoms with Crippen molar-refractivity contribution < 1.29 is 19.1 Å². The fourth-order valence-corrected chi connectivity index (χ4v) is 3.56. The minimum atomic E-state index is -0.176. The first-order chi connectivity index (χ1) is 13.8. The van der Waals surface area contributed by atoms with Crippen molar-refractivity contribution in [1.82, 2.24) is 9.47 Å². The number of ketones is 1. The van der Waals surface area contributed by atoms with E-state index in [9.17, 15) is 9.59 Å². The van der Waals surface area contributed by atoms with Gasteiger partial charge in [-0.3, -0.25) is 14.5 Å². The fourth-order valence-electron chi connectivity index (χ4n) is 3.56. The van der Waals surface area contributed by atoms with Gasteiger partial charge in [0.25, 0.3) is 0 Å². The van der Waals surface area contributed by atoms with Crippen LogP contribution in [-0.2, 0) is 9.53 Å². The van der Waals surface area contributed by atoms with Gasteiger partial charge in [0, 0.05) is 29.7 Å². The predicted octanol–water partition coefficient (Wildman–Crippen LogP) is 3.07. The molecule has 0 radical (unpaired) electrons. The molecular formula is C22H31N3O4. The van der Waals surface area contributed by atoms with E-state index in [1.807, 2.05) is 19.9 Å². The molecule has 0 aliphatic heterocycles. The van der Waals surface area contributed by atoms with Crippen LogP contribution < -0.4 is 10.1 Å². The third-order valence-electron chi connectivity index (χ3n) is 4.83.